The van der Waals surface area contributed by atoms with E-state index in [-0.39, 0.29) is 0 Å². The molecule has 9 heteroatoms. The molecule has 4 rings (SSSR count). The summed E-state index contributed by atoms with van der Waals surface area (Å²) in [5.41, 5.74) is 2.12. The van der Waals surface area contributed by atoms with Gasteiger partial charge in [-0.05, 0) is 18.2 Å². The first-order valence-corrected chi connectivity index (χ1v) is 6.15. The molecule has 0 aliphatic carbocycles. The largest absolute Gasteiger partial charge is 0.275 e. The third-order valence-electron chi connectivity index (χ3n) is 2.86. The van der Waals surface area contributed by atoms with Crippen LogP contribution in [0.1, 0.15) is 0 Å². The Bertz CT molecular complexity index is 704. The summed E-state index contributed by atoms with van der Waals surface area (Å²) in [6.07, 6.45) is 4.93. The lowest BCUT2D eigenvalue weighted by Crippen LogP contribution is -2.00. The van der Waals surface area contributed by atoms with Crippen molar-refractivity contribution in [2.45, 2.75) is 0 Å². The molecular weight excluding hydrogens is 270 g/mol. The van der Waals surface area contributed by atoms with Crippen molar-refractivity contribution in [3.05, 3.63) is 36.8 Å². The van der Waals surface area contributed by atoms with Crippen molar-refractivity contribution >= 4 is 0 Å². The minimum atomic E-state index is 0.497. The molecule has 0 aromatic carbocycles. The van der Waals surface area contributed by atoms with Gasteiger partial charge in [-0.25, -0.2) is 15.0 Å². The highest BCUT2D eigenvalue weighted by Gasteiger charge is 2.13. The maximum atomic E-state index is 4.43. The van der Waals surface area contributed by atoms with Crippen molar-refractivity contribution in [1.82, 2.24) is 45.5 Å². The Morgan fingerprint density at radius 1 is 0.524 bits per heavy atom. The van der Waals surface area contributed by atoms with Gasteiger partial charge in [0.15, 0.2) is 17.5 Å². The minimum absolute atomic E-state index is 0.497. The molecule has 0 atom stereocenters. The van der Waals surface area contributed by atoms with Crippen molar-refractivity contribution < 1.29 is 0 Å². The highest BCUT2D eigenvalue weighted by molar-refractivity contribution is 5.60. The Morgan fingerprint density at radius 2 is 0.857 bits per heavy atom. The van der Waals surface area contributed by atoms with Crippen LogP contribution in [0.25, 0.3) is 34.6 Å². The van der Waals surface area contributed by atoms with E-state index in [4.69, 9.17) is 0 Å². The summed E-state index contributed by atoms with van der Waals surface area (Å²) >= 11 is 0. The summed E-state index contributed by atoms with van der Waals surface area (Å²) in [5, 5.41) is 20.3. The number of nitrogens with zero attached hydrogens (tertiary/aromatic N) is 6. The molecule has 0 amide bonds. The summed E-state index contributed by atoms with van der Waals surface area (Å²) in [7, 11) is 0. The van der Waals surface area contributed by atoms with Gasteiger partial charge < -0.3 is 0 Å². The summed E-state index contributed by atoms with van der Waals surface area (Å²) < 4.78 is 0. The highest BCUT2D eigenvalue weighted by Crippen LogP contribution is 2.20. The Hall–Kier alpha value is -3.36. The molecule has 0 aliphatic heterocycles. The molecule has 0 bridgehead atoms. The van der Waals surface area contributed by atoms with E-state index in [1.165, 1.54) is 0 Å². The fourth-order valence-electron chi connectivity index (χ4n) is 1.88. The molecule has 9 nitrogen and oxygen atoms in total. The van der Waals surface area contributed by atoms with Gasteiger partial charge in [0, 0.05) is 18.6 Å². The zero-order valence-electron chi connectivity index (χ0n) is 10.6. The number of H-pyrrole nitrogens is 3. The van der Waals surface area contributed by atoms with Gasteiger partial charge in [0.1, 0.15) is 17.1 Å². The Balaban J connectivity index is 1.92. The van der Waals surface area contributed by atoms with E-state index in [0.717, 1.165) is 0 Å². The van der Waals surface area contributed by atoms with Crippen LogP contribution in [0, 0.1) is 0 Å². The molecule has 0 spiro atoms. The van der Waals surface area contributed by atoms with Crippen LogP contribution in [-0.4, -0.2) is 45.5 Å². The number of nitrogens with one attached hydrogen (secondary N) is 3. The summed E-state index contributed by atoms with van der Waals surface area (Å²) in [6, 6.07) is 5.38. The van der Waals surface area contributed by atoms with E-state index in [0.29, 0.717) is 34.6 Å². The van der Waals surface area contributed by atoms with Gasteiger partial charge in [0.25, 0.3) is 0 Å². The van der Waals surface area contributed by atoms with Crippen LogP contribution >= 0.6 is 0 Å². The SMILES string of the molecule is c1cc(-c2nc(-c3ccn[nH]3)nc(-c3ccn[nH]3)n2)[nH]n1. The molecule has 3 N–H and O–H groups in total. The summed E-state index contributed by atoms with van der Waals surface area (Å²) in [6.45, 7) is 0. The zero-order valence-corrected chi connectivity index (χ0v) is 10.6. The van der Waals surface area contributed by atoms with E-state index in [9.17, 15) is 0 Å². The fraction of sp³-hybridized carbons (Fsp3) is 0. The van der Waals surface area contributed by atoms with E-state index in [1.54, 1.807) is 36.8 Å². The van der Waals surface area contributed by atoms with Crippen LogP contribution in [0.4, 0.5) is 0 Å². The van der Waals surface area contributed by atoms with Crippen molar-refractivity contribution in [2.24, 2.45) is 0 Å². The molecule has 102 valence electrons. The number of hydrogen-bond acceptors (Lipinski definition) is 6. The van der Waals surface area contributed by atoms with Crippen molar-refractivity contribution in [1.29, 1.82) is 0 Å². The second-order valence-electron chi connectivity index (χ2n) is 4.22. The topological polar surface area (TPSA) is 125 Å². The molecule has 4 aromatic heterocycles. The van der Waals surface area contributed by atoms with Crippen LogP contribution in [0.5, 0.6) is 0 Å². The average Bonchev–Trinajstić information content (AvgIpc) is 3.29. The van der Waals surface area contributed by atoms with Crippen LogP contribution in [-0.2, 0) is 0 Å². The quantitative estimate of drug-likeness (QED) is 0.514. The van der Waals surface area contributed by atoms with E-state index >= 15 is 0 Å². The van der Waals surface area contributed by atoms with Crippen molar-refractivity contribution in [3.8, 4) is 34.6 Å². The molecule has 4 heterocycles. The number of rotatable bonds is 3. The van der Waals surface area contributed by atoms with Crippen molar-refractivity contribution in [2.75, 3.05) is 0 Å². The first-order valence-electron chi connectivity index (χ1n) is 6.15. The van der Waals surface area contributed by atoms with Crippen LogP contribution in [0.2, 0.25) is 0 Å². The smallest absolute Gasteiger partial charge is 0.181 e. The second-order valence-corrected chi connectivity index (χ2v) is 4.22. The first kappa shape index (κ1) is 11.5. The van der Waals surface area contributed by atoms with Gasteiger partial charge in [-0.2, -0.15) is 15.3 Å². The molecule has 0 saturated heterocycles. The van der Waals surface area contributed by atoms with Crippen LogP contribution < -0.4 is 0 Å². The number of aromatic amines is 3. The van der Waals surface area contributed by atoms with E-state index in [1.807, 2.05) is 0 Å². The zero-order chi connectivity index (χ0) is 14.1. The monoisotopic (exact) mass is 279 g/mol. The van der Waals surface area contributed by atoms with Gasteiger partial charge in [0.2, 0.25) is 0 Å². The van der Waals surface area contributed by atoms with Gasteiger partial charge >= 0.3 is 0 Å². The minimum Gasteiger partial charge on any atom is -0.275 e. The molecule has 0 aliphatic rings. The average molecular weight is 279 g/mol. The first-order chi connectivity index (χ1) is 10.4. The molecule has 4 aromatic rings. The number of hydrogen-bond donors (Lipinski definition) is 3. The summed E-state index contributed by atoms with van der Waals surface area (Å²) in [5.74, 6) is 1.49. The van der Waals surface area contributed by atoms with E-state index < -0.39 is 0 Å². The maximum Gasteiger partial charge on any atom is 0.181 e. The Labute approximate surface area is 117 Å². The predicted molar refractivity (Wildman–Crippen MR) is 72.6 cm³/mol. The fourth-order valence-corrected chi connectivity index (χ4v) is 1.88. The lowest BCUT2D eigenvalue weighted by atomic mass is 10.3. The highest BCUT2D eigenvalue weighted by atomic mass is 15.2. The van der Waals surface area contributed by atoms with E-state index in [2.05, 4.69) is 45.5 Å². The van der Waals surface area contributed by atoms with Gasteiger partial charge in [0.05, 0.1) is 0 Å². The second kappa shape index (κ2) is 4.63. The summed E-state index contributed by atoms with van der Waals surface area (Å²) in [4.78, 5) is 13.3. The third-order valence-corrected chi connectivity index (χ3v) is 2.86. The van der Waals surface area contributed by atoms with Crippen molar-refractivity contribution in [3.63, 3.8) is 0 Å². The molecule has 0 radical (unpaired) electrons. The molecule has 0 fully saturated rings. The van der Waals surface area contributed by atoms with Crippen LogP contribution in [0.3, 0.4) is 0 Å². The van der Waals surface area contributed by atoms with Gasteiger partial charge in [-0.3, -0.25) is 15.3 Å². The lowest BCUT2D eigenvalue weighted by Gasteiger charge is -2.03. The molecule has 0 unspecified atom stereocenters. The Morgan fingerprint density at radius 3 is 1.10 bits per heavy atom. The standard InChI is InChI=1S/C12H9N9/c1-4-13-19-7(1)10-16-11(8-2-5-14-20-8)18-12(17-10)9-3-6-15-21-9/h1-6H,(H,13,19)(H,14,20)(H,15,21). The predicted octanol–water partition coefficient (Wildman–Crippen LogP) is 1.04. The normalized spacial score (nSPS) is 10.9. The van der Waals surface area contributed by atoms with Gasteiger partial charge in [-0.1, -0.05) is 0 Å². The Kier molecular flexibility index (Phi) is 2.53. The molecular formula is C12H9N9. The van der Waals surface area contributed by atoms with Crippen LogP contribution in [0.15, 0.2) is 36.8 Å². The molecule has 21 heavy (non-hydrogen) atoms. The molecule has 0 saturated carbocycles. The number of aromatic nitrogens is 9. The maximum absolute atomic E-state index is 4.43. The van der Waals surface area contributed by atoms with Gasteiger partial charge in [-0.15, -0.1) is 0 Å². The lowest BCUT2D eigenvalue weighted by molar-refractivity contribution is 0.998. The third kappa shape index (κ3) is 2.06.